The van der Waals surface area contributed by atoms with Crippen molar-refractivity contribution in [3.8, 4) is 0 Å². The summed E-state index contributed by atoms with van der Waals surface area (Å²) >= 11 is 0. The molecule has 1 unspecified atom stereocenters. The fraction of sp³-hybridized carbons (Fsp3) is 0.538. The maximum atomic E-state index is 12.0. The Morgan fingerprint density at radius 2 is 2.28 bits per heavy atom. The van der Waals surface area contributed by atoms with Gasteiger partial charge < -0.3 is 15.4 Å². The maximum absolute atomic E-state index is 12.0. The number of hydrogen-bond acceptors (Lipinski definition) is 4. The lowest BCUT2D eigenvalue weighted by atomic mass is 10.2. The first-order valence-corrected chi connectivity index (χ1v) is 6.21. The van der Waals surface area contributed by atoms with E-state index in [2.05, 4.69) is 15.6 Å². The van der Waals surface area contributed by atoms with E-state index in [-0.39, 0.29) is 11.9 Å². The Morgan fingerprint density at radius 3 is 2.89 bits per heavy atom. The van der Waals surface area contributed by atoms with Crippen LogP contribution in [0.1, 0.15) is 30.6 Å². The van der Waals surface area contributed by atoms with Gasteiger partial charge in [-0.3, -0.25) is 4.79 Å². The first-order chi connectivity index (χ1) is 8.71. The van der Waals surface area contributed by atoms with Crippen LogP contribution in [0, 0.1) is 0 Å². The van der Waals surface area contributed by atoms with Gasteiger partial charge in [0.05, 0.1) is 12.6 Å². The predicted octanol–water partition coefficient (Wildman–Crippen LogP) is 1.67. The molecule has 0 saturated carbocycles. The van der Waals surface area contributed by atoms with E-state index in [9.17, 15) is 4.79 Å². The van der Waals surface area contributed by atoms with E-state index in [4.69, 9.17) is 4.74 Å². The Bertz CT molecular complexity index is 382. The summed E-state index contributed by atoms with van der Waals surface area (Å²) in [7, 11) is 1.63. The molecule has 0 radical (unpaired) electrons. The number of hydrogen-bond donors (Lipinski definition) is 2. The normalized spacial score (nSPS) is 11.9. The molecule has 1 atom stereocenters. The van der Waals surface area contributed by atoms with Crippen molar-refractivity contribution in [3.05, 3.63) is 23.9 Å². The zero-order valence-corrected chi connectivity index (χ0v) is 11.2. The van der Waals surface area contributed by atoms with Crippen LogP contribution in [0.25, 0.3) is 0 Å². The highest BCUT2D eigenvalue weighted by atomic mass is 16.5. The third-order valence-electron chi connectivity index (χ3n) is 2.58. The minimum Gasteiger partial charge on any atom is -0.383 e. The van der Waals surface area contributed by atoms with Crippen LogP contribution in [-0.2, 0) is 4.74 Å². The van der Waals surface area contributed by atoms with Crippen molar-refractivity contribution in [2.24, 2.45) is 0 Å². The first kappa shape index (κ1) is 14.4. The van der Waals surface area contributed by atoms with Crippen LogP contribution in [0.3, 0.4) is 0 Å². The molecule has 1 aromatic heterocycles. The van der Waals surface area contributed by atoms with Crippen molar-refractivity contribution in [1.29, 1.82) is 0 Å². The number of methoxy groups -OCH3 is 1. The Hall–Kier alpha value is -1.62. The molecule has 0 aliphatic carbocycles. The van der Waals surface area contributed by atoms with Crippen molar-refractivity contribution >= 4 is 11.7 Å². The van der Waals surface area contributed by atoms with Crippen LogP contribution in [0.2, 0.25) is 0 Å². The van der Waals surface area contributed by atoms with Crippen molar-refractivity contribution in [2.75, 3.05) is 25.6 Å². The Labute approximate surface area is 108 Å². The fourth-order valence-electron chi connectivity index (χ4n) is 1.58. The molecule has 0 fully saturated rings. The van der Waals surface area contributed by atoms with E-state index < -0.39 is 0 Å². The van der Waals surface area contributed by atoms with Gasteiger partial charge in [-0.15, -0.1) is 0 Å². The molecule has 1 heterocycles. The standard InChI is InChI=1S/C13H21N3O2/c1-4-11(9-18-3)16-13(17)10-6-7-15-12(8-10)14-5-2/h6-8,11H,4-5,9H2,1-3H3,(H,14,15)(H,16,17). The summed E-state index contributed by atoms with van der Waals surface area (Å²) in [6.07, 6.45) is 2.47. The molecular formula is C13H21N3O2. The number of rotatable bonds is 7. The quantitative estimate of drug-likeness (QED) is 0.773. The number of pyridine rings is 1. The third kappa shape index (κ3) is 4.33. The van der Waals surface area contributed by atoms with Crippen LogP contribution < -0.4 is 10.6 Å². The Balaban J connectivity index is 2.68. The number of carbonyl (C=O) groups excluding carboxylic acids is 1. The van der Waals surface area contributed by atoms with E-state index in [1.165, 1.54) is 0 Å². The Morgan fingerprint density at radius 1 is 1.50 bits per heavy atom. The highest BCUT2D eigenvalue weighted by Gasteiger charge is 2.12. The lowest BCUT2D eigenvalue weighted by Crippen LogP contribution is -2.37. The van der Waals surface area contributed by atoms with Crippen molar-refractivity contribution < 1.29 is 9.53 Å². The topological polar surface area (TPSA) is 63.2 Å². The van der Waals surface area contributed by atoms with Gasteiger partial charge in [-0.1, -0.05) is 6.92 Å². The summed E-state index contributed by atoms with van der Waals surface area (Å²) in [5.41, 5.74) is 0.607. The third-order valence-corrected chi connectivity index (χ3v) is 2.58. The summed E-state index contributed by atoms with van der Waals surface area (Å²) in [6, 6.07) is 3.49. The van der Waals surface area contributed by atoms with Gasteiger partial charge in [0, 0.05) is 25.4 Å². The summed E-state index contributed by atoms with van der Waals surface area (Å²) in [4.78, 5) is 16.2. The second kappa shape index (κ2) is 7.66. The lowest BCUT2D eigenvalue weighted by Gasteiger charge is -2.16. The van der Waals surface area contributed by atoms with Crippen LogP contribution in [0.15, 0.2) is 18.3 Å². The maximum Gasteiger partial charge on any atom is 0.251 e. The van der Waals surface area contributed by atoms with Gasteiger partial charge in [-0.2, -0.15) is 0 Å². The molecule has 1 aromatic rings. The molecule has 2 N–H and O–H groups in total. The lowest BCUT2D eigenvalue weighted by molar-refractivity contribution is 0.0894. The molecule has 5 heteroatoms. The van der Waals surface area contributed by atoms with Crippen molar-refractivity contribution in [2.45, 2.75) is 26.3 Å². The zero-order valence-electron chi connectivity index (χ0n) is 11.2. The molecule has 0 aromatic carbocycles. The molecule has 1 rings (SSSR count). The van der Waals surface area contributed by atoms with Gasteiger partial charge in [0.2, 0.25) is 0 Å². The fourth-order valence-corrected chi connectivity index (χ4v) is 1.58. The molecule has 0 saturated heterocycles. The summed E-state index contributed by atoms with van der Waals surface area (Å²) in [5.74, 6) is 0.616. The average molecular weight is 251 g/mol. The number of nitrogens with zero attached hydrogens (tertiary/aromatic N) is 1. The Kier molecular flexibility index (Phi) is 6.14. The van der Waals surface area contributed by atoms with Gasteiger partial charge in [-0.05, 0) is 25.5 Å². The molecule has 0 aliphatic heterocycles. The molecule has 0 bridgehead atoms. The van der Waals surface area contributed by atoms with E-state index in [1.807, 2.05) is 13.8 Å². The van der Waals surface area contributed by atoms with E-state index in [1.54, 1.807) is 25.4 Å². The van der Waals surface area contributed by atoms with Gasteiger partial charge in [0.25, 0.3) is 5.91 Å². The molecule has 18 heavy (non-hydrogen) atoms. The van der Waals surface area contributed by atoms with E-state index >= 15 is 0 Å². The van der Waals surface area contributed by atoms with E-state index in [0.29, 0.717) is 18.0 Å². The predicted molar refractivity (Wildman–Crippen MR) is 71.8 cm³/mol. The monoisotopic (exact) mass is 251 g/mol. The molecule has 100 valence electrons. The molecule has 0 aliphatic rings. The smallest absolute Gasteiger partial charge is 0.251 e. The highest BCUT2D eigenvalue weighted by molar-refractivity contribution is 5.94. The molecule has 1 amide bonds. The number of aromatic nitrogens is 1. The second-order valence-corrected chi connectivity index (χ2v) is 3.99. The van der Waals surface area contributed by atoms with Gasteiger partial charge in [0.1, 0.15) is 5.82 Å². The SMILES string of the molecule is CCNc1cc(C(=O)NC(CC)COC)ccn1. The van der Waals surface area contributed by atoms with Gasteiger partial charge >= 0.3 is 0 Å². The molecule has 5 nitrogen and oxygen atoms in total. The van der Waals surface area contributed by atoms with E-state index in [0.717, 1.165) is 13.0 Å². The number of carbonyl (C=O) groups is 1. The summed E-state index contributed by atoms with van der Waals surface area (Å²) in [5, 5.41) is 6.01. The second-order valence-electron chi connectivity index (χ2n) is 3.99. The zero-order chi connectivity index (χ0) is 13.4. The van der Waals surface area contributed by atoms with Crippen LogP contribution in [0.4, 0.5) is 5.82 Å². The highest BCUT2D eigenvalue weighted by Crippen LogP contribution is 2.07. The number of ether oxygens (including phenoxy) is 1. The number of anilines is 1. The van der Waals surface area contributed by atoms with Gasteiger partial charge in [-0.25, -0.2) is 4.98 Å². The molecule has 0 spiro atoms. The largest absolute Gasteiger partial charge is 0.383 e. The summed E-state index contributed by atoms with van der Waals surface area (Å²) in [6.45, 7) is 5.30. The molecular weight excluding hydrogens is 230 g/mol. The van der Waals surface area contributed by atoms with Crippen LogP contribution in [0.5, 0.6) is 0 Å². The van der Waals surface area contributed by atoms with Crippen molar-refractivity contribution in [1.82, 2.24) is 10.3 Å². The minimum absolute atomic E-state index is 0.0400. The number of amides is 1. The first-order valence-electron chi connectivity index (χ1n) is 6.21. The summed E-state index contributed by atoms with van der Waals surface area (Å²) < 4.78 is 5.05. The van der Waals surface area contributed by atoms with Crippen LogP contribution in [-0.4, -0.2) is 37.2 Å². The van der Waals surface area contributed by atoms with Crippen LogP contribution >= 0.6 is 0 Å². The minimum atomic E-state index is -0.0968. The van der Waals surface area contributed by atoms with Gasteiger partial charge in [0.15, 0.2) is 0 Å². The van der Waals surface area contributed by atoms with Crippen molar-refractivity contribution in [3.63, 3.8) is 0 Å². The number of nitrogens with one attached hydrogen (secondary N) is 2. The average Bonchev–Trinajstić information content (AvgIpc) is 2.39.